The molecule has 1 fully saturated rings. The van der Waals surface area contributed by atoms with Gasteiger partial charge in [0.1, 0.15) is 6.33 Å². The third-order valence-corrected chi connectivity index (χ3v) is 3.66. The molecule has 20 heavy (non-hydrogen) atoms. The van der Waals surface area contributed by atoms with E-state index in [4.69, 9.17) is 11.6 Å². The van der Waals surface area contributed by atoms with E-state index in [0.29, 0.717) is 6.54 Å². The Balaban J connectivity index is 1.90. The minimum Gasteiger partial charge on any atom is -0.363 e. The molecule has 0 aliphatic carbocycles. The van der Waals surface area contributed by atoms with Crippen molar-refractivity contribution in [1.29, 1.82) is 0 Å². The van der Waals surface area contributed by atoms with Gasteiger partial charge >= 0.3 is 5.69 Å². The van der Waals surface area contributed by atoms with E-state index in [9.17, 15) is 10.1 Å². The zero-order valence-corrected chi connectivity index (χ0v) is 12.0. The molecule has 110 valence electrons. The van der Waals surface area contributed by atoms with Crippen LogP contribution in [0.25, 0.3) is 0 Å². The Morgan fingerprint density at radius 2 is 2.00 bits per heavy atom. The predicted octanol–water partition coefficient (Wildman–Crippen LogP) is 2.33. The largest absolute Gasteiger partial charge is 0.363 e. The Kier molecular flexibility index (Phi) is 5.49. The number of rotatable bonds is 5. The highest BCUT2D eigenvalue weighted by molar-refractivity contribution is 6.31. The molecule has 1 N–H and O–H groups in total. The van der Waals surface area contributed by atoms with Crippen LogP contribution < -0.4 is 5.32 Å². The molecule has 0 amide bonds. The van der Waals surface area contributed by atoms with Crippen LogP contribution in [0, 0.1) is 10.1 Å². The second-order valence-electron chi connectivity index (χ2n) is 4.80. The van der Waals surface area contributed by atoms with Crippen LogP contribution in [0.1, 0.15) is 25.7 Å². The molecule has 0 saturated carbocycles. The monoisotopic (exact) mass is 299 g/mol. The quantitative estimate of drug-likeness (QED) is 0.510. The SMILES string of the molecule is O=[N+]([O-])c1c(Cl)ncnc1NCCN1CCCCCC1. The Morgan fingerprint density at radius 3 is 2.65 bits per heavy atom. The maximum Gasteiger partial charge on any atom is 0.348 e. The fourth-order valence-electron chi connectivity index (χ4n) is 2.34. The second-order valence-corrected chi connectivity index (χ2v) is 5.16. The number of aromatic nitrogens is 2. The molecule has 0 radical (unpaired) electrons. The van der Waals surface area contributed by atoms with Crippen LogP contribution in [-0.2, 0) is 0 Å². The van der Waals surface area contributed by atoms with Crippen molar-refractivity contribution < 1.29 is 4.92 Å². The lowest BCUT2D eigenvalue weighted by atomic mass is 10.2. The van der Waals surface area contributed by atoms with Crippen molar-refractivity contribution in [3.05, 3.63) is 21.6 Å². The summed E-state index contributed by atoms with van der Waals surface area (Å²) in [6, 6.07) is 0. The van der Waals surface area contributed by atoms with Crippen molar-refractivity contribution in [2.24, 2.45) is 0 Å². The van der Waals surface area contributed by atoms with E-state index in [1.165, 1.54) is 32.0 Å². The summed E-state index contributed by atoms with van der Waals surface area (Å²) in [4.78, 5) is 20.3. The van der Waals surface area contributed by atoms with E-state index >= 15 is 0 Å². The second kappa shape index (κ2) is 7.35. The molecule has 1 aromatic heterocycles. The zero-order chi connectivity index (χ0) is 14.4. The van der Waals surface area contributed by atoms with Gasteiger partial charge in [-0.1, -0.05) is 24.4 Å². The zero-order valence-electron chi connectivity index (χ0n) is 11.2. The molecular weight excluding hydrogens is 282 g/mol. The Labute approximate surface area is 122 Å². The van der Waals surface area contributed by atoms with Crippen LogP contribution in [0.3, 0.4) is 0 Å². The third kappa shape index (κ3) is 4.01. The highest BCUT2D eigenvalue weighted by Crippen LogP contribution is 2.27. The van der Waals surface area contributed by atoms with Crippen LogP contribution in [-0.4, -0.2) is 46.0 Å². The molecule has 7 nitrogen and oxygen atoms in total. The van der Waals surface area contributed by atoms with Crippen molar-refractivity contribution in [3.63, 3.8) is 0 Å². The van der Waals surface area contributed by atoms with Crippen LogP contribution in [0.4, 0.5) is 11.5 Å². The van der Waals surface area contributed by atoms with Crippen molar-refractivity contribution in [2.75, 3.05) is 31.5 Å². The average molecular weight is 300 g/mol. The van der Waals surface area contributed by atoms with Crippen molar-refractivity contribution in [1.82, 2.24) is 14.9 Å². The summed E-state index contributed by atoms with van der Waals surface area (Å²) in [6.07, 6.45) is 6.25. The number of nitrogens with zero attached hydrogens (tertiary/aromatic N) is 4. The van der Waals surface area contributed by atoms with Crippen molar-refractivity contribution in [3.8, 4) is 0 Å². The average Bonchev–Trinajstić information content (AvgIpc) is 2.67. The summed E-state index contributed by atoms with van der Waals surface area (Å²) in [7, 11) is 0. The summed E-state index contributed by atoms with van der Waals surface area (Å²) >= 11 is 5.73. The van der Waals surface area contributed by atoms with Gasteiger partial charge < -0.3 is 10.2 Å². The van der Waals surface area contributed by atoms with Crippen LogP contribution in [0.2, 0.25) is 5.15 Å². The topological polar surface area (TPSA) is 84.2 Å². The molecule has 0 atom stereocenters. The molecule has 2 rings (SSSR count). The first-order valence-electron chi connectivity index (χ1n) is 6.79. The molecule has 0 bridgehead atoms. The molecule has 1 saturated heterocycles. The van der Waals surface area contributed by atoms with Crippen LogP contribution in [0.15, 0.2) is 6.33 Å². The lowest BCUT2D eigenvalue weighted by molar-refractivity contribution is -0.384. The first kappa shape index (κ1) is 14.9. The van der Waals surface area contributed by atoms with Gasteiger partial charge in [-0.05, 0) is 25.9 Å². The van der Waals surface area contributed by atoms with E-state index in [2.05, 4.69) is 20.2 Å². The number of nitrogens with one attached hydrogen (secondary N) is 1. The minimum atomic E-state index is -0.559. The van der Waals surface area contributed by atoms with E-state index in [1.807, 2.05) is 0 Å². The molecule has 0 aromatic carbocycles. The lowest BCUT2D eigenvalue weighted by Gasteiger charge is -2.19. The lowest BCUT2D eigenvalue weighted by Crippen LogP contribution is -2.30. The van der Waals surface area contributed by atoms with Crippen molar-refractivity contribution >= 4 is 23.1 Å². The maximum atomic E-state index is 10.9. The van der Waals surface area contributed by atoms with Crippen LogP contribution >= 0.6 is 11.6 Å². The third-order valence-electron chi connectivity index (χ3n) is 3.38. The first-order chi connectivity index (χ1) is 9.68. The van der Waals surface area contributed by atoms with Gasteiger partial charge in [-0.2, -0.15) is 0 Å². The van der Waals surface area contributed by atoms with Gasteiger partial charge in [0.2, 0.25) is 11.0 Å². The molecule has 8 heteroatoms. The molecule has 1 aliphatic rings. The van der Waals surface area contributed by atoms with Crippen LogP contribution in [0.5, 0.6) is 0 Å². The standard InChI is InChI=1S/C12H18ClN5O2/c13-11-10(18(19)20)12(16-9-15-11)14-5-8-17-6-3-1-2-4-7-17/h9H,1-8H2,(H,14,15,16). The molecule has 1 aromatic rings. The number of anilines is 1. The number of nitro groups is 1. The summed E-state index contributed by atoms with van der Waals surface area (Å²) in [6.45, 7) is 3.63. The van der Waals surface area contributed by atoms with E-state index < -0.39 is 4.92 Å². The highest BCUT2D eigenvalue weighted by Gasteiger charge is 2.21. The fraction of sp³-hybridized carbons (Fsp3) is 0.667. The number of hydrogen-bond donors (Lipinski definition) is 1. The van der Waals surface area contributed by atoms with Gasteiger partial charge in [-0.25, -0.2) is 9.97 Å². The predicted molar refractivity (Wildman–Crippen MR) is 77.1 cm³/mol. The van der Waals surface area contributed by atoms with Gasteiger partial charge in [0.25, 0.3) is 0 Å². The van der Waals surface area contributed by atoms with Gasteiger partial charge in [0, 0.05) is 13.1 Å². The fourth-order valence-corrected chi connectivity index (χ4v) is 2.54. The first-order valence-corrected chi connectivity index (χ1v) is 7.17. The molecule has 1 aliphatic heterocycles. The number of hydrogen-bond acceptors (Lipinski definition) is 6. The molecule has 0 spiro atoms. The number of halogens is 1. The van der Waals surface area contributed by atoms with E-state index in [0.717, 1.165) is 19.6 Å². The van der Waals surface area contributed by atoms with Gasteiger partial charge in [-0.3, -0.25) is 10.1 Å². The smallest absolute Gasteiger partial charge is 0.348 e. The summed E-state index contributed by atoms with van der Waals surface area (Å²) in [5, 5.41) is 13.8. The van der Waals surface area contributed by atoms with Gasteiger partial charge in [-0.15, -0.1) is 0 Å². The van der Waals surface area contributed by atoms with E-state index in [-0.39, 0.29) is 16.7 Å². The molecule has 2 heterocycles. The Bertz CT molecular complexity index is 463. The van der Waals surface area contributed by atoms with Gasteiger partial charge in [0.15, 0.2) is 0 Å². The number of likely N-dealkylation sites (tertiary alicyclic amines) is 1. The summed E-state index contributed by atoms with van der Waals surface area (Å²) in [5.41, 5.74) is -0.259. The normalized spacial score (nSPS) is 16.6. The molecule has 0 unspecified atom stereocenters. The van der Waals surface area contributed by atoms with Crippen molar-refractivity contribution in [2.45, 2.75) is 25.7 Å². The Morgan fingerprint density at radius 1 is 1.30 bits per heavy atom. The summed E-state index contributed by atoms with van der Waals surface area (Å²) in [5.74, 6) is 0.185. The maximum absolute atomic E-state index is 10.9. The van der Waals surface area contributed by atoms with E-state index in [1.54, 1.807) is 0 Å². The Hall–Kier alpha value is -1.47. The van der Waals surface area contributed by atoms with Gasteiger partial charge in [0.05, 0.1) is 4.92 Å². The minimum absolute atomic E-state index is 0.137. The molecular formula is C12H18ClN5O2. The highest BCUT2D eigenvalue weighted by atomic mass is 35.5. The summed E-state index contributed by atoms with van der Waals surface area (Å²) < 4.78 is 0.